The molecule has 0 saturated carbocycles. The first-order valence-electron chi connectivity index (χ1n) is 4.50. The van der Waals surface area contributed by atoms with Crippen LogP contribution in [0.5, 0.6) is 0 Å². The number of carbonyl (C=O) groups excluding carboxylic acids is 1. The first-order chi connectivity index (χ1) is 7.09. The molecule has 0 bridgehead atoms. The Morgan fingerprint density at radius 2 is 2.20 bits per heavy atom. The Kier molecular flexibility index (Phi) is 3.11. The molecule has 1 unspecified atom stereocenters. The second-order valence-electron chi connectivity index (χ2n) is 3.34. The van der Waals surface area contributed by atoms with Crippen molar-refractivity contribution in [3.05, 3.63) is 28.5 Å². The molecule has 1 aromatic carbocycles. The van der Waals surface area contributed by atoms with Crippen molar-refractivity contribution < 1.29 is 9.18 Å². The molecule has 0 N–H and O–H groups in total. The van der Waals surface area contributed by atoms with Crippen molar-refractivity contribution in [3.63, 3.8) is 0 Å². The fraction of sp³-hybridized carbons (Fsp3) is 0.300. The number of anilines is 1. The van der Waals surface area contributed by atoms with Gasteiger partial charge >= 0.3 is 0 Å². The minimum absolute atomic E-state index is 0.0357. The quantitative estimate of drug-likeness (QED) is 0.722. The summed E-state index contributed by atoms with van der Waals surface area (Å²) in [5, 5.41) is 0. The molecule has 0 radical (unpaired) electrons. The van der Waals surface area contributed by atoms with Crippen LogP contribution in [-0.4, -0.2) is 17.3 Å². The third kappa shape index (κ3) is 2.08. The molecule has 1 aliphatic rings. The van der Waals surface area contributed by atoms with Gasteiger partial charge in [-0.3, -0.25) is 4.79 Å². The highest BCUT2D eigenvalue weighted by molar-refractivity contribution is 9.10. The fourth-order valence-corrected chi connectivity index (χ4v) is 2.37. The van der Waals surface area contributed by atoms with E-state index in [-0.39, 0.29) is 16.6 Å². The summed E-state index contributed by atoms with van der Waals surface area (Å²) < 4.78 is 13.4. The highest BCUT2D eigenvalue weighted by atomic mass is 79.9. The number of alkyl halides is 1. The zero-order valence-corrected chi connectivity index (χ0v) is 10.9. The van der Waals surface area contributed by atoms with E-state index in [0.29, 0.717) is 11.0 Å². The highest BCUT2D eigenvalue weighted by Gasteiger charge is 2.30. The zero-order valence-electron chi connectivity index (χ0n) is 7.71. The van der Waals surface area contributed by atoms with Crippen molar-refractivity contribution in [2.24, 2.45) is 0 Å². The summed E-state index contributed by atoms with van der Waals surface area (Å²) in [6.07, 6.45) is 0.786. The van der Waals surface area contributed by atoms with Crippen LogP contribution in [0.2, 0.25) is 0 Å². The Bertz CT molecular complexity index is 410. The monoisotopic (exact) mass is 335 g/mol. The molecule has 0 aliphatic carbocycles. The Morgan fingerprint density at radius 1 is 1.47 bits per heavy atom. The van der Waals surface area contributed by atoms with Crippen LogP contribution in [0.1, 0.15) is 6.42 Å². The van der Waals surface area contributed by atoms with Crippen LogP contribution in [0.4, 0.5) is 10.1 Å². The standard InChI is InChI=1S/C10H8Br2FNO/c11-7-3-4-14(10(7)15)6-1-2-9(13)8(12)5-6/h1-2,5,7H,3-4H2. The number of rotatable bonds is 1. The van der Waals surface area contributed by atoms with Gasteiger partial charge in [0, 0.05) is 12.2 Å². The van der Waals surface area contributed by atoms with Crippen molar-refractivity contribution in [1.29, 1.82) is 0 Å². The first kappa shape index (κ1) is 11.1. The number of nitrogens with zero attached hydrogens (tertiary/aromatic N) is 1. The summed E-state index contributed by atoms with van der Waals surface area (Å²) >= 11 is 6.40. The summed E-state index contributed by atoms with van der Waals surface area (Å²) in [5.74, 6) is -0.283. The minimum Gasteiger partial charge on any atom is -0.311 e. The van der Waals surface area contributed by atoms with Crippen LogP contribution in [0, 0.1) is 5.82 Å². The molecule has 1 heterocycles. The van der Waals surface area contributed by atoms with Crippen LogP contribution < -0.4 is 4.90 Å². The topological polar surface area (TPSA) is 20.3 Å². The predicted octanol–water partition coefficient (Wildman–Crippen LogP) is 3.09. The lowest BCUT2D eigenvalue weighted by molar-refractivity contribution is -0.116. The molecule has 1 fully saturated rings. The van der Waals surface area contributed by atoms with Crippen molar-refractivity contribution >= 4 is 43.5 Å². The molecule has 80 valence electrons. The lowest BCUT2D eigenvalue weighted by Gasteiger charge is -2.16. The first-order valence-corrected chi connectivity index (χ1v) is 6.21. The smallest absolute Gasteiger partial charge is 0.240 e. The number of benzene rings is 1. The number of hydrogen-bond donors (Lipinski definition) is 0. The van der Waals surface area contributed by atoms with Crippen LogP contribution >= 0.6 is 31.9 Å². The van der Waals surface area contributed by atoms with Gasteiger partial charge in [-0.1, -0.05) is 15.9 Å². The molecule has 2 nitrogen and oxygen atoms in total. The Morgan fingerprint density at radius 3 is 2.73 bits per heavy atom. The third-order valence-electron chi connectivity index (χ3n) is 2.35. The summed E-state index contributed by atoms with van der Waals surface area (Å²) in [6.45, 7) is 0.673. The van der Waals surface area contributed by atoms with E-state index < -0.39 is 0 Å². The maximum atomic E-state index is 13.0. The van der Waals surface area contributed by atoms with E-state index in [2.05, 4.69) is 31.9 Å². The van der Waals surface area contributed by atoms with E-state index in [9.17, 15) is 9.18 Å². The molecule has 15 heavy (non-hydrogen) atoms. The number of hydrogen-bond acceptors (Lipinski definition) is 1. The Labute approximate surface area is 104 Å². The van der Waals surface area contributed by atoms with E-state index in [4.69, 9.17) is 0 Å². The summed E-state index contributed by atoms with van der Waals surface area (Å²) in [6, 6.07) is 4.59. The minimum atomic E-state index is -0.319. The lowest BCUT2D eigenvalue weighted by Crippen LogP contribution is -2.26. The van der Waals surface area contributed by atoms with Gasteiger partial charge < -0.3 is 4.90 Å². The van der Waals surface area contributed by atoms with Gasteiger partial charge in [0.05, 0.1) is 9.30 Å². The van der Waals surface area contributed by atoms with Gasteiger partial charge in [0.25, 0.3) is 0 Å². The average molecular weight is 337 g/mol. The molecule has 2 rings (SSSR count). The predicted molar refractivity (Wildman–Crippen MR) is 63.8 cm³/mol. The van der Waals surface area contributed by atoms with E-state index in [1.165, 1.54) is 6.07 Å². The second kappa shape index (κ2) is 4.22. The van der Waals surface area contributed by atoms with E-state index in [1.54, 1.807) is 17.0 Å². The van der Waals surface area contributed by atoms with E-state index in [1.807, 2.05) is 0 Å². The SMILES string of the molecule is O=C1C(Br)CCN1c1ccc(F)c(Br)c1. The molecule has 1 aromatic rings. The summed E-state index contributed by atoms with van der Waals surface area (Å²) in [5.41, 5.74) is 0.732. The molecule has 5 heteroatoms. The summed E-state index contributed by atoms with van der Waals surface area (Å²) in [7, 11) is 0. The number of carbonyl (C=O) groups is 1. The fourth-order valence-electron chi connectivity index (χ4n) is 1.55. The normalized spacial score (nSPS) is 21.1. The largest absolute Gasteiger partial charge is 0.311 e. The molecule has 0 spiro atoms. The van der Waals surface area contributed by atoms with Gasteiger partial charge in [-0.15, -0.1) is 0 Å². The van der Waals surface area contributed by atoms with Gasteiger partial charge in [-0.05, 0) is 40.5 Å². The van der Waals surface area contributed by atoms with Crippen molar-refractivity contribution in [2.75, 3.05) is 11.4 Å². The van der Waals surface area contributed by atoms with Gasteiger partial charge in [0.1, 0.15) is 5.82 Å². The van der Waals surface area contributed by atoms with Crippen molar-refractivity contribution in [1.82, 2.24) is 0 Å². The molecule has 1 amide bonds. The van der Waals surface area contributed by atoms with E-state index >= 15 is 0 Å². The zero-order chi connectivity index (χ0) is 11.0. The molecule has 1 atom stereocenters. The molecule has 1 aliphatic heterocycles. The van der Waals surface area contributed by atoms with E-state index in [0.717, 1.165) is 12.1 Å². The van der Waals surface area contributed by atoms with Crippen molar-refractivity contribution in [3.8, 4) is 0 Å². The average Bonchev–Trinajstić information content (AvgIpc) is 2.53. The molecule has 1 saturated heterocycles. The van der Waals surface area contributed by atoms with Gasteiger partial charge in [0.2, 0.25) is 5.91 Å². The highest BCUT2D eigenvalue weighted by Crippen LogP contribution is 2.28. The third-order valence-corrected chi connectivity index (χ3v) is 3.81. The molecule has 0 aromatic heterocycles. The summed E-state index contributed by atoms with van der Waals surface area (Å²) in [4.78, 5) is 13.2. The van der Waals surface area contributed by atoms with Gasteiger partial charge in [-0.25, -0.2) is 4.39 Å². The van der Waals surface area contributed by atoms with Crippen LogP contribution in [0.15, 0.2) is 22.7 Å². The Hall–Kier alpha value is -0.420. The van der Waals surface area contributed by atoms with Gasteiger partial charge in [-0.2, -0.15) is 0 Å². The van der Waals surface area contributed by atoms with Crippen LogP contribution in [0.25, 0.3) is 0 Å². The Balaban J connectivity index is 2.31. The van der Waals surface area contributed by atoms with Crippen LogP contribution in [0.3, 0.4) is 0 Å². The van der Waals surface area contributed by atoms with Crippen molar-refractivity contribution in [2.45, 2.75) is 11.2 Å². The van der Waals surface area contributed by atoms with Gasteiger partial charge in [0.15, 0.2) is 0 Å². The molecular weight excluding hydrogens is 329 g/mol. The number of amides is 1. The molecular formula is C10H8Br2FNO. The number of halogens is 3. The maximum Gasteiger partial charge on any atom is 0.240 e. The second-order valence-corrected chi connectivity index (χ2v) is 5.30. The maximum absolute atomic E-state index is 13.0. The lowest BCUT2D eigenvalue weighted by atomic mass is 10.3. The van der Waals surface area contributed by atoms with Crippen LogP contribution in [-0.2, 0) is 4.79 Å².